The highest BCUT2D eigenvalue weighted by atomic mass is 32.2. The second-order valence-electron chi connectivity index (χ2n) is 5.37. The smallest absolute Gasteiger partial charge is 0.331 e. The lowest BCUT2D eigenvalue weighted by Crippen LogP contribution is -2.55. The fraction of sp³-hybridized carbons (Fsp3) is 0.467. The van der Waals surface area contributed by atoms with Gasteiger partial charge in [-0.2, -0.15) is 0 Å². The van der Waals surface area contributed by atoms with Crippen LogP contribution in [0.4, 0.5) is 5.69 Å². The minimum absolute atomic E-state index is 0.00636. The molecule has 1 aromatic carbocycles. The molecule has 0 bridgehead atoms. The molecule has 0 spiro atoms. The molecule has 0 heterocycles. The van der Waals surface area contributed by atoms with E-state index in [0.29, 0.717) is 11.3 Å². The van der Waals surface area contributed by atoms with E-state index in [-0.39, 0.29) is 23.8 Å². The Balaban J connectivity index is 2.62. The average molecular weight is 372 g/mol. The van der Waals surface area contributed by atoms with Crippen LogP contribution in [-0.4, -0.2) is 54.0 Å². The maximum absolute atomic E-state index is 11.9. The van der Waals surface area contributed by atoms with Crippen LogP contribution in [0.15, 0.2) is 18.2 Å². The maximum Gasteiger partial charge on any atom is 0.331 e. The monoisotopic (exact) mass is 372 g/mol. The quantitative estimate of drug-likeness (QED) is 0.466. The van der Waals surface area contributed by atoms with Crippen molar-refractivity contribution in [1.29, 1.82) is 0 Å². The van der Waals surface area contributed by atoms with E-state index in [2.05, 4.69) is 5.32 Å². The third kappa shape index (κ3) is 5.91. The first-order valence-electron chi connectivity index (χ1n) is 7.16. The van der Waals surface area contributed by atoms with Gasteiger partial charge in [-0.1, -0.05) is 6.07 Å². The molecule has 0 aromatic heterocycles. The van der Waals surface area contributed by atoms with Crippen LogP contribution in [-0.2, 0) is 20.1 Å². The SMILES string of the molecule is COCC(C)(NC(=O)CSCc1ccc(OC)c([N+](=O)[O-])c1)C(=O)O. The van der Waals surface area contributed by atoms with Gasteiger partial charge in [0.05, 0.1) is 24.4 Å². The van der Waals surface area contributed by atoms with Crippen LogP contribution in [0.3, 0.4) is 0 Å². The van der Waals surface area contributed by atoms with Crippen LogP contribution in [0.1, 0.15) is 12.5 Å². The molecule has 1 unspecified atom stereocenters. The fourth-order valence-corrected chi connectivity index (χ4v) is 2.79. The summed E-state index contributed by atoms with van der Waals surface area (Å²) in [5.41, 5.74) is -1.00. The number of benzene rings is 1. The van der Waals surface area contributed by atoms with E-state index in [1.165, 1.54) is 45.0 Å². The number of thioether (sulfide) groups is 1. The Morgan fingerprint density at radius 1 is 1.40 bits per heavy atom. The van der Waals surface area contributed by atoms with E-state index >= 15 is 0 Å². The Bertz CT molecular complexity index is 653. The highest BCUT2D eigenvalue weighted by molar-refractivity contribution is 7.99. The molecule has 0 aliphatic heterocycles. The standard InChI is InChI=1S/C15H20N2O7S/c1-15(9-23-2,14(19)20)16-13(18)8-25-7-10-4-5-12(24-3)11(6-10)17(21)22/h4-6H,7-9H2,1-3H3,(H,16,18)(H,19,20). The molecule has 25 heavy (non-hydrogen) atoms. The zero-order chi connectivity index (χ0) is 19.0. The predicted octanol–water partition coefficient (Wildman–Crippen LogP) is 1.44. The Kier molecular flexibility index (Phi) is 7.65. The molecule has 0 aliphatic rings. The molecule has 0 saturated carbocycles. The summed E-state index contributed by atoms with van der Waals surface area (Å²) in [6.45, 7) is 1.19. The predicted molar refractivity (Wildman–Crippen MR) is 91.9 cm³/mol. The minimum Gasteiger partial charge on any atom is -0.490 e. The van der Waals surface area contributed by atoms with Crippen molar-refractivity contribution in [3.63, 3.8) is 0 Å². The molecule has 0 radical (unpaired) electrons. The third-order valence-electron chi connectivity index (χ3n) is 3.26. The lowest BCUT2D eigenvalue weighted by atomic mass is 10.0. The number of nitro groups is 1. The first-order valence-corrected chi connectivity index (χ1v) is 8.31. The normalized spacial score (nSPS) is 12.9. The number of amides is 1. The van der Waals surface area contributed by atoms with Crippen molar-refractivity contribution in [2.45, 2.75) is 18.2 Å². The molecule has 0 aliphatic carbocycles. The van der Waals surface area contributed by atoms with Crippen LogP contribution in [0.5, 0.6) is 5.75 Å². The summed E-state index contributed by atoms with van der Waals surface area (Å²) in [5, 5.41) is 22.6. The van der Waals surface area contributed by atoms with Crippen molar-refractivity contribution in [1.82, 2.24) is 5.32 Å². The number of carboxylic acids is 1. The summed E-state index contributed by atoms with van der Waals surface area (Å²) in [7, 11) is 2.69. The number of nitro benzene ring substituents is 1. The summed E-state index contributed by atoms with van der Waals surface area (Å²) in [5.74, 6) is -1.14. The molecular formula is C15H20N2O7S. The van der Waals surface area contributed by atoms with Crippen molar-refractivity contribution in [2.24, 2.45) is 0 Å². The van der Waals surface area contributed by atoms with Crippen molar-refractivity contribution < 1.29 is 29.1 Å². The lowest BCUT2D eigenvalue weighted by molar-refractivity contribution is -0.385. The van der Waals surface area contributed by atoms with Gasteiger partial charge in [-0.15, -0.1) is 11.8 Å². The number of hydrogen-bond donors (Lipinski definition) is 2. The number of aliphatic carboxylic acids is 1. The van der Waals surface area contributed by atoms with Gasteiger partial charge in [-0.3, -0.25) is 14.9 Å². The molecule has 138 valence electrons. The van der Waals surface area contributed by atoms with E-state index in [0.717, 1.165) is 0 Å². The van der Waals surface area contributed by atoms with Crippen molar-refractivity contribution >= 4 is 29.3 Å². The largest absolute Gasteiger partial charge is 0.490 e. The van der Waals surface area contributed by atoms with Crippen molar-refractivity contribution in [3.8, 4) is 5.75 Å². The summed E-state index contributed by atoms with van der Waals surface area (Å²) in [6.07, 6.45) is 0. The zero-order valence-electron chi connectivity index (χ0n) is 14.1. The fourth-order valence-electron chi connectivity index (χ4n) is 2.01. The van der Waals surface area contributed by atoms with Crippen LogP contribution in [0.25, 0.3) is 0 Å². The number of ether oxygens (including phenoxy) is 2. The summed E-state index contributed by atoms with van der Waals surface area (Å²) >= 11 is 1.21. The first kappa shape index (κ1) is 20.7. The Hall–Kier alpha value is -2.33. The number of nitrogens with one attached hydrogen (secondary N) is 1. The molecule has 10 heteroatoms. The lowest BCUT2D eigenvalue weighted by Gasteiger charge is -2.25. The molecule has 2 N–H and O–H groups in total. The van der Waals surface area contributed by atoms with Crippen molar-refractivity contribution in [2.75, 3.05) is 26.6 Å². The summed E-state index contributed by atoms with van der Waals surface area (Å²) in [4.78, 5) is 33.6. The maximum atomic E-state index is 11.9. The number of methoxy groups -OCH3 is 2. The van der Waals surface area contributed by atoms with Gasteiger partial charge < -0.3 is 19.9 Å². The molecule has 1 rings (SSSR count). The van der Waals surface area contributed by atoms with Gasteiger partial charge >= 0.3 is 11.7 Å². The Morgan fingerprint density at radius 2 is 2.08 bits per heavy atom. The van der Waals surface area contributed by atoms with E-state index in [1.807, 2.05) is 0 Å². The molecular weight excluding hydrogens is 352 g/mol. The topological polar surface area (TPSA) is 128 Å². The van der Waals surface area contributed by atoms with Gasteiger partial charge in [0, 0.05) is 18.9 Å². The van der Waals surface area contributed by atoms with Gasteiger partial charge in [0.2, 0.25) is 5.91 Å². The average Bonchev–Trinajstić information content (AvgIpc) is 2.54. The highest BCUT2D eigenvalue weighted by Crippen LogP contribution is 2.28. The number of hydrogen-bond acceptors (Lipinski definition) is 7. The Labute approximate surface area is 148 Å². The molecule has 1 aromatic rings. The van der Waals surface area contributed by atoms with Gasteiger partial charge in [-0.25, -0.2) is 4.79 Å². The number of rotatable bonds is 10. The van der Waals surface area contributed by atoms with Gasteiger partial charge in [0.15, 0.2) is 11.3 Å². The van der Waals surface area contributed by atoms with Crippen molar-refractivity contribution in [3.05, 3.63) is 33.9 Å². The molecule has 0 fully saturated rings. The van der Waals surface area contributed by atoms with E-state index in [9.17, 15) is 24.8 Å². The number of carbonyl (C=O) groups excluding carboxylic acids is 1. The number of carbonyl (C=O) groups is 2. The summed E-state index contributed by atoms with van der Waals surface area (Å²) < 4.78 is 9.75. The summed E-state index contributed by atoms with van der Waals surface area (Å²) in [6, 6.07) is 4.55. The third-order valence-corrected chi connectivity index (χ3v) is 4.27. The highest BCUT2D eigenvalue weighted by Gasteiger charge is 2.34. The van der Waals surface area contributed by atoms with Crippen LogP contribution < -0.4 is 10.1 Å². The van der Waals surface area contributed by atoms with E-state index in [4.69, 9.17) is 9.47 Å². The molecule has 9 nitrogen and oxygen atoms in total. The van der Waals surface area contributed by atoms with E-state index in [1.54, 1.807) is 6.07 Å². The molecule has 0 saturated heterocycles. The zero-order valence-corrected chi connectivity index (χ0v) is 14.9. The second kappa shape index (κ2) is 9.23. The number of carboxylic acid groups (broad SMARTS) is 1. The van der Waals surface area contributed by atoms with Crippen LogP contribution >= 0.6 is 11.8 Å². The molecule has 1 amide bonds. The molecule has 1 atom stereocenters. The minimum atomic E-state index is -1.51. The Morgan fingerprint density at radius 3 is 2.60 bits per heavy atom. The van der Waals surface area contributed by atoms with Gasteiger partial charge in [-0.05, 0) is 18.6 Å². The van der Waals surface area contributed by atoms with Gasteiger partial charge in [0.1, 0.15) is 0 Å². The van der Waals surface area contributed by atoms with Gasteiger partial charge in [0.25, 0.3) is 0 Å². The van der Waals surface area contributed by atoms with E-state index < -0.39 is 22.3 Å². The second-order valence-corrected chi connectivity index (χ2v) is 6.36. The first-order chi connectivity index (χ1) is 11.7. The van der Waals surface area contributed by atoms with Crippen LogP contribution in [0.2, 0.25) is 0 Å². The number of nitrogens with zero attached hydrogens (tertiary/aromatic N) is 1. The van der Waals surface area contributed by atoms with Crippen LogP contribution in [0, 0.1) is 10.1 Å².